The summed E-state index contributed by atoms with van der Waals surface area (Å²) in [6.07, 6.45) is 2.17. The van der Waals surface area contributed by atoms with E-state index >= 15 is 0 Å². The van der Waals surface area contributed by atoms with E-state index < -0.39 is 19.1 Å². The van der Waals surface area contributed by atoms with Gasteiger partial charge in [0.1, 0.15) is 6.04 Å². The molecule has 23 heavy (non-hydrogen) atoms. The fraction of sp³-hybridized carbons (Fsp3) is 0.500. The maximum Gasteiger partial charge on any atom is 0.493 e. The Hall–Kier alpha value is -1.86. The van der Waals surface area contributed by atoms with Gasteiger partial charge in [-0.15, -0.1) is 0 Å². The number of esters is 1. The maximum atomic E-state index is 11.9. The van der Waals surface area contributed by atoms with E-state index in [1.807, 2.05) is 24.3 Å². The van der Waals surface area contributed by atoms with E-state index in [9.17, 15) is 9.59 Å². The molecule has 0 bridgehead atoms. The van der Waals surface area contributed by atoms with Gasteiger partial charge in [0.2, 0.25) is 5.91 Å². The highest BCUT2D eigenvalue weighted by atomic mass is 16.6. The number of methoxy groups -OCH3 is 1. The molecule has 0 unspecified atom stereocenters. The van der Waals surface area contributed by atoms with Crippen molar-refractivity contribution in [1.29, 1.82) is 0 Å². The Morgan fingerprint density at radius 2 is 1.78 bits per heavy atom. The molecule has 7 heteroatoms. The van der Waals surface area contributed by atoms with E-state index in [2.05, 4.69) is 5.32 Å². The van der Waals surface area contributed by atoms with E-state index in [-0.39, 0.29) is 11.8 Å². The highest BCUT2D eigenvalue weighted by Crippen LogP contribution is 2.29. The topological polar surface area (TPSA) is 73.9 Å². The number of hydrogen-bond acceptors (Lipinski definition) is 5. The summed E-state index contributed by atoms with van der Waals surface area (Å²) >= 11 is 0. The van der Waals surface area contributed by atoms with Crippen LogP contribution in [0.3, 0.4) is 0 Å². The highest BCUT2D eigenvalue weighted by Gasteiger charge is 2.33. The second kappa shape index (κ2) is 8.13. The third-order valence-corrected chi connectivity index (χ3v) is 3.87. The van der Waals surface area contributed by atoms with Crippen LogP contribution in [0.1, 0.15) is 18.4 Å². The Kier molecular flexibility index (Phi) is 6.18. The molecular weight excluding hydrogens is 297 g/mol. The summed E-state index contributed by atoms with van der Waals surface area (Å²) in [6.45, 7) is 0. The summed E-state index contributed by atoms with van der Waals surface area (Å²) in [5, 5.41) is 2.77. The lowest BCUT2D eigenvalue weighted by Gasteiger charge is -2.17. The van der Waals surface area contributed by atoms with Crippen LogP contribution in [0.4, 0.5) is 0 Å². The fourth-order valence-electron chi connectivity index (χ4n) is 2.39. The van der Waals surface area contributed by atoms with Crippen molar-refractivity contribution in [2.75, 3.05) is 21.3 Å². The molecule has 1 aromatic rings. The van der Waals surface area contributed by atoms with Crippen molar-refractivity contribution < 1.29 is 23.6 Å². The molecule has 124 valence electrons. The van der Waals surface area contributed by atoms with Gasteiger partial charge in [-0.25, -0.2) is 4.79 Å². The average Bonchev–Trinajstić information content (AvgIpc) is 3.41. The molecule has 1 amide bonds. The average molecular weight is 319 g/mol. The van der Waals surface area contributed by atoms with Crippen molar-refractivity contribution in [3.05, 3.63) is 29.8 Å². The Bertz CT molecular complexity index is 540. The molecule has 1 aromatic carbocycles. The lowest BCUT2D eigenvalue weighted by molar-refractivity contribution is -0.145. The van der Waals surface area contributed by atoms with Gasteiger partial charge in [0.25, 0.3) is 0 Å². The van der Waals surface area contributed by atoms with Crippen LogP contribution in [0, 0.1) is 5.92 Å². The number of rotatable bonds is 8. The van der Waals surface area contributed by atoms with Gasteiger partial charge in [0.15, 0.2) is 0 Å². The second-order valence-corrected chi connectivity index (χ2v) is 5.61. The van der Waals surface area contributed by atoms with Crippen molar-refractivity contribution in [2.24, 2.45) is 5.92 Å². The summed E-state index contributed by atoms with van der Waals surface area (Å²) < 4.78 is 15.2. The normalized spacial score (nSPS) is 14.9. The second-order valence-electron chi connectivity index (χ2n) is 5.61. The van der Waals surface area contributed by atoms with Gasteiger partial charge in [-0.2, -0.15) is 0 Å². The third kappa shape index (κ3) is 4.81. The predicted molar refractivity (Wildman–Crippen MR) is 86.2 cm³/mol. The lowest BCUT2D eigenvalue weighted by atomic mass is 9.78. The minimum absolute atomic E-state index is 0.0497. The minimum atomic E-state index is -0.667. The molecule has 0 heterocycles. The zero-order valence-electron chi connectivity index (χ0n) is 13.7. The zero-order chi connectivity index (χ0) is 16.8. The van der Waals surface area contributed by atoms with E-state index in [4.69, 9.17) is 14.0 Å². The van der Waals surface area contributed by atoms with Gasteiger partial charge in [-0.3, -0.25) is 4.79 Å². The third-order valence-electron chi connectivity index (χ3n) is 3.87. The molecule has 1 atom stereocenters. The van der Waals surface area contributed by atoms with Crippen molar-refractivity contribution in [3.8, 4) is 0 Å². The number of hydrogen-bond donors (Lipinski definition) is 1. The van der Waals surface area contributed by atoms with Crippen LogP contribution >= 0.6 is 0 Å². The molecule has 1 fully saturated rings. The van der Waals surface area contributed by atoms with Gasteiger partial charge < -0.3 is 19.4 Å². The molecule has 1 N–H and O–H groups in total. The van der Waals surface area contributed by atoms with Crippen LogP contribution < -0.4 is 10.8 Å². The molecule has 0 aliphatic heterocycles. The molecule has 0 aromatic heterocycles. The van der Waals surface area contributed by atoms with Crippen molar-refractivity contribution in [2.45, 2.75) is 25.3 Å². The minimum Gasteiger partial charge on any atom is -0.467 e. The largest absolute Gasteiger partial charge is 0.493 e. The van der Waals surface area contributed by atoms with Crippen LogP contribution in [0.15, 0.2) is 24.3 Å². The summed E-state index contributed by atoms with van der Waals surface area (Å²) in [5.74, 6) is -0.459. The monoisotopic (exact) mass is 319 g/mol. The number of amides is 1. The van der Waals surface area contributed by atoms with Gasteiger partial charge in [0, 0.05) is 26.6 Å². The summed E-state index contributed by atoms with van der Waals surface area (Å²) in [7, 11) is 4.05. The van der Waals surface area contributed by atoms with E-state index in [0.717, 1.165) is 23.9 Å². The Morgan fingerprint density at radius 3 is 2.26 bits per heavy atom. The van der Waals surface area contributed by atoms with Crippen molar-refractivity contribution in [1.82, 2.24) is 5.32 Å². The van der Waals surface area contributed by atoms with Crippen LogP contribution in [0.5, 0.6) is 0 Å². The Balaban J connectivity index is 2.03. The summed E-state index contributed by atoms with van der Waals surface area (Å²) in [6, 6.07) is 6.87. The summed E-state index contributed by atoms with van der Waals surface area (Å²) in [4.78, 5) is 23.8. The molecule has 1 saturated carbocycles. The van der Waals surface area contributed by atoms with E-state index in [1.165, 1.54) is 7.11 Å². The van der Waals surface area contributed by atoms with Gasteiger partial charge in [-0.05, 0) is 23.9 Å². The number of carbonyl (C=O) groups excluding carboxylic acids is 2. The van der Waals surface area contributed by atoms with Crippen LogP contribution in [0.2, 0.25) is 0 Å². The molecule has 0 spiro atoms. The maximum absolute atomic E-state index is 11.9. The first-order valence-electron chi connectivity index (χ1n) is 7.61. The lowest BCUT2D eigenvalue weighted by Crippen LogP contribution is -2.43. The number of ether oxygens (including phenoxy) is 1. The van der Waals surface area contributed by atoms with Crippen molar-refractivity contribution in [3.63, 3.8) is 0 Å². The smallest absolute Gasteiger partial charge is 0.467 e. The number of benzene rings is 1. The van der Waals surface area contributed by atoms with E-state index in [0.29, 0.717) is 6.42 Å². The summed E-state index contributed by atoms with van der Waals surface area (Å²) in [5.41, 5.74) is 1.81. The predicted octanol–water partition coefficient (Wildman–Crippen LogP) is 0.285. The highest BCUT2D eigenvalue weighted by molar-refractivity contribution is 6.61. The first-order chi connectivity index (χ1) is 11.1. The van der Waals surface area contributed by atoms with Crippen LogP contribution in [0.25, 0.3) is 0 Å². The molecule has 1 aliphatic rings. The molecule has 0 saturated heterocycles. The van der Waals surface area contributed by atoms with Gasteiger partial charge in [-0.1, -0.05) is 24.3 Å². The zero-order valence-corrected chi connectivity index (χ0v) is 13.7. The van der Waals surface area contributed by atoms with Gasteiger partial charge >= 0.3 is 13.1 Å². The first kappa shape index (κ1) is 17.5. The van der Waals surface area contributed by atoms with Gasteiger partial charge in [0.05, 0.1) is 7.11 Å². The number of carbonyl (C=O) groups is 2. The van der Waals surface area contributed by atoms with Crippen LogP contribution in [-0.2, 0) is 30.1 Å². The molecular formula is C16H22BNO5. The molecule has 6 nitrogen and oxygen atoms in total. The first-order valence-corrected chi connectivity index (χ1v) is 7.61. The molecule has 2 rings (SSSR count). The number of nitrogens with one attached hydrogen (secondary N) is 1. The van der Waals surface area contributed by atoms with Crippen LogP contribution in [-0.4, -0.2) is 46.4 Å². The van der Waals surface area contributed by atoms with E-state index in [1.54, 1.807) is 14.2 Å². The fourth-order valence-corrected chi connectivity index (χ4v) is 2.39. The Morgan fingerprint density at radius 1 is 1.17 bits per heavy atom. The molecule has 1 aliphatic carbocycles. The quantitative estimate of drug-likeness (QED) is 0.550. The van der Waals surface area contributed by atoms with Crippen molar-refractivity contribution >= 4 is 24.5 Å². The SMILES string of the molecule is COB(OC)c1ccc(C[C@@H](NC(=O)C2CC2)C(=O)OC)cc1. The molecule has 0 radical (unpaired) electrons. The Labute approximate surface area is 136 Å². The standard InChI is InChI=1S/C16H22BNO5/c1-21-16(20)14(18-15(19)12-6-7-12)10-11-4-8-13(9-5-11)17(22-2)23-3/h4-5,8-9,12,14H,6-7,10H2,1-3H3,(H,18,19)/t14-/m1/s1.